The van der Waals surface area contributed by atoms with Gasteiger partial charge in [0.05, 0.1) is 0 Å². The van der Waals surface area contributed by atoms with Gasteiger partial charge in [0.25, 0.3) is 0 Å². The predicted octanol–water partition coefficient (Wildman–Crippen LogP) is 4.88. The fourth-order valence-electron chi connectivity index (χ4n) is 3.96. The molecule has 0 bridgehead atoms. The zero-order valence-electron chi connectivity index (χ0n) is 16.9. The van der Waals surface area contributed by atoms with Gasteiger partial charge in [-0.2, -0.15) is 0 Å². The minimum atomic E-state index is -2.29. The van der Waals surface area contributed by atoms with Gasteiger partial charge in [-0.25, -0.2) is 4.79 Å². The summed E-state index contributed by atoms with van der Waals surface area (Å²) in [5.74, 6) is -0.142. The SMILES string of the molecule is C=CCOC(=O)C(CCC)[P+](c1ccccc1)(c1ccccc1)c1ccccc1. The minimum Gasteiger partial charge on any atom is -0.459 e. The summed E-state index contributed by atoms with van der Waals surface area (Å²) in [6.45, 7) is 6.07. The van der Waals surface area contributed by atoms with Crippen molar-refractivity contribution in [2.24, 2.45) is 0 Å². The van der Waals surface area contributed by atoms with Crippen molar-refractivity contribution in [1.82, 2.24) is 0 Å². The third-order valence-corrected chi connectivity index (χ3v) is 9.88. The molecule has 0 radical (unpaired) electrons. The number of rotatable bonds is 9. The molecule has 3 aromatic rings. The highest BCUT2D eigenvalue weighted by atomic mass is 31.2. The first-order valence-electron chi connectivity index (χ1n) is 10.1. The van der Waals surface area contributed by atoms with E-state index in [1.165, 1.54) is 15.9 Å². The predicted molar refractivity (Wildman–Crippen MR) is 125 cm³/mol. The fraction of sp³-hybridized carbons (Fsp3) is 0.192. The summed E-state index contributed by atoms with van der Waals surface area (Å²) in [5, 5.41) is 3.60. The molecule has 0 saturated heterocycles. The van der Waals surface area contributed by atoms with Crippen molar-refractivity contribution in [1.29, 1.82) is 0 Å². The van der Waals surface area contributed by atoms with Crippen molar-refractivity contribution >= 4 is 29.1 Å². The van der Waals surface area contributed by atoms with E-state index >= 15 is 0 Å². The quantitative estimate of drug-likeness (QED) is 0.289. The summed E-state index contributed by atoms with van der Waals surface area (Å²) < 4.78 is 5.65. The molecule has 2 nitrogen and oxygen atoms in total. The second kappa shape index (κ2) is 10.2. The second-order valence-electron chi connectivity index (χ2n) is 6.95. The van der Waals surface area contributed by atoms with Crippen LogP contribution in [-0.4, -0.2) is 18.2 Å². The van der Waals surface area contributed by atoms with E-state index in [0.29, 0.717) is 0 Å². The smallest absolute Gasteiger partial charge is 0.348 e. The van der Waals surface area contributed by atoms with Crippen LogP contribution in [0.1, 0.15) is 19.8 Å². The molecule has 0 spiro atoms. The molecule has 148 valence electrons. The molecule has 1 atom stereocenters. The Kier molecular flexibility index (Phi) is 7.38. The van der Waals surface area contributed by atoms with Gasteiger partial charge in [0, 0.05) is 0 Å². The van der Waals surface area contributed by atoms with Gasteiger partial charge in [-0.05, 0) is 42.8 Å². The maximum absolute atomic E-state index is 13.4. The summed E-state index contributed by atoms with van der Waals surface area (Å²) in [5.41, 5.74) is -0.250. The molecular weight excluding hydrogens is 375 g/mol. The number of hydrogen-bond acceptors (Lipinski definition) is 2. The molecule has 0 N–H and O–H groups in total. The highest BCUT2D eigenvalue weighted by Gasteiger charge is 2.55. The van der Waals surface area contributed by atoms with Crippen LogP contribution in [0.15, 0.2) is 104 Å². The molecule has 0 aliphatic heterocycles. The molecular formula is C26H28O2P+. The number of hydrogen-bond donors (Lipinski definition) is 0. The molecule has 0 aliphatic rings. The van der Waals surface area contributed by atoms with Gasteiger partial charge in [0.1, 0.15) is 29.8 Å². The molecule has 0 saturated carbocycles. The highest BCUT2D eigenvalue weighted by molar-refractivity contribution is 7.96. The van der Waals surface area contributed by atoms with Crippen LogP contribution in [0.2, 0.25) is 0 Å². The molecule has 0 aromatic heterocycles. The third kappa shape index (κ3) is 4.33. The van der Waals surface area contributed by atoms with E-state index in [-0.39, 0.29) is 18.2 Å². The van der Waals surface area contributed by atoms with E-state index in [1.54, 1.807) is 6.08 Å². The van der Waals surface area contributed by atoms with Crippen LogP contribution >= 0.6 is 7.26 Å². The van der Waals surface area contributed by atoms with Crippen LogP contribution < -0.4 is 15.9 Å². The number of carbonyl (C=O) groups excluding carboxylic acids is 1. The van der Waals surface area contributed by atoms with Gasteiger partial charge in [-0.3, -0.25) is 0 Å². The number of benzene rings is 3. The average Bonchev–Trinajstić information content (AvgIpc) is 2.79. The first kappa shape index (κ1) is 21.0. The Balaban J connectivity index is 2.34. The lowest BCUT2D eigenvalue weighted by Crippen LogP contribution is -2.43. The first-order valence-corrected chi connectivity index (χ1v) is 11.9. The van der Waals surface area contributed by atoms with Crippen molar-refractivity contribution in [2.75, 3.05) is 6.61 Å². The maximum atomic E-state index is 13.4. The highest BCUT2D eigenvalue weighted by Crippen LogP contribution is 2.61. The lowest BCUT2D eigenvalue weighted by Gasteiger charge is -2.33. The van der Waals surface area contributed by atoms with Crippen LogP contribution in [-0.2, 0) is 9.53 Å². The summed E-state index contributed by atoms with van der Waals surface area (Å²) >= 11 is 0. The summed E-state index contributed by atoms with van der Waals surface area (Å²) in [6.07, 6.45) is 3.30. The van der Waals surface area contributed by atoms with Gasteiger partial charge < -0.3 is 4.74 Å². The lowest BCUT2D eigenvalue weighted by atomic mass is 10.2. The van der Waals surface area contributed by atoms with Crippen LogP contribution in [0.4, 0.5) is 0 Å². The van der Waals surface area contributed by atoms with Gasteiger partial charge in [0.15, 0.2) is 5.66 Å². The maximum Gasteiger partial charge on any atom is 0.348 e. The topological polar surface area (TPSA) is 26.3 Å². The van der Waals surface area contributed by atoms with Crippen molar-refractivity contribution in [3.05, 3.63) is 104 Å². The Morgan fingerprint density at radius 2 is 1.28 bits per heavy atom. The van der Waals surface area contributed by atoms with Crippen LogP contribution in [0.5, 0.6) is 0 Å². The fourth-order valence-corrected chi connectivity index (χ4v) is 8.89. The van der Waals surface area contributed by atoms with Crippen molar-refractivity contribution in [2.45, 2.75) is 25.4 Å². The number of ether oxygens (including phenoxy) is 1. The Bertz CT molecular complexity index is 811. The molecule has 29 heavy (non-hydrogen) atoms. The van der Waals surface area contributed by atoms with Gasteiger partial charge in [-0.1, -0.05) is 80.6 Å². The monoisotopic (exact) mass is 403 g/mol. The molecule has 3 heteroatoms. The van der Waals surface area contributed by atoms with Crippen molar-refractivity contribution in [3.63, 3.8) is 0 Å². The molecule has 0 amide bonds. The van der Waals surface area contributed by atoms with Crippen LogP contribution in [0.3, 0.4) is 0 Å². The number of carbonyl (C=O) groups is 1. The zero-order chi connectivity index (χ0) is 20.5. The van der Waals surface area contributed by atoms with E-state index in [4.69, 9.17) is 4.74 Å². The molecule has 0 heterocycles. The summed E-state index contributed by atoms with van der Waals surface area (Å²) in [7, 11) is -2.29. The van der Waals surface area contributed by atoms with Gasteiger partial charge in [-0.15, -0.1) is 0 Å². The zero-order valence-corrected chi connectivity index (χ0v) is 17.8. The standard InChI is InChI=1S/C26H28O2P/c1-3-14-25(26(27)28-21-4-2)29(22-15-8-5-9-16-22,23-17-10-6-11-18-23)24-19-12-7-13-20-24/h4-13,15-20,25H,2-3,14,21H2,1H3/q+1. The van der Waals surface area contributed by atoms with E-state index in [2.05, 4.69) is 86.3 Å². The van der Waals surface area contributed by atoms with Gasteiger partial charge >= 0.3 is 5.97 Å². The third-order valence-electron chi connectivity index (χ3n) is 5.14. The van der Waals surface area contributed by atoms with Gasteiger partial charge in [0.2, 0.25) is 0 Å². The summed E-state index contributed by atoms with van der Waals surface area (Å²) in [6, 6.07) is 31.4. The molecule has 3 aromatic carbocycles. The minimum absolute atomic E-state index is 0.142. The van der Waals surface area contributed by atoms with Crippen molar-refractivity contribution < 1.29 is 9.53 Å². The largest absolute Gasteiger partial charge is 0.459 e. The average molecular weight is 403 g/mol. The molecule has 1 unspecified atom stereocenters. The summed E-state index contributed by atoms with van der Waals surface area (Å²) in [4.78, 5) is 13.4. The normalized spacial score (nSPS) is 12.2. The first-order chi connectivity index (χ1) is 14.2. The van der Waals surface area contributed by atoms with Crippen LogP contribution in [0, 0.1) is 0 Å². The Morgan fingerprint density at radius 1 is 0.862 bits per heavy atom. The van der Waals surface area contributed by atoms with E-state index in [0.717, 1.165) is 12.8 Å². The van der Waals surface area contributed by atoms with E-state index in [9.17, 15) is 4.79 Å². The second-order valence-corrected chi connectivity index (χ2v) is 10.6. The Morgan fingerprint density at radius 3 is 1.62 bits per heavy atom. The van der Waals surface area contributed by atoms with Crippen LogP contribution in [0.25, 0.3) is 0 Å². The lowest BCUT2D eigenvalue weighted by molar-refractivity contribution is -0.142. The molecule has 3 rings (SSSR count). The number of esters is 1. The molecule has 0 fully saturated rings. The van der Waals surface area contributed by atoms with Crippen molar-refractivity contribution in [3.8, 4) is 0 Å². The Hall–Kier alpha value is -2.70. The Labute approximate surface area is 174 Å². The van der Waals surface area contributed by atoms with E-state index < -0.39 is 7.26 Å². The van der Waals surface area contributed by atoms with E-state index in [1.807, 2.05) is 18.2 Å². The molecule has 0 aliphatic carbocycles.